The van der Waals surface area contributed by atoms with Gasteiger partial charge in [0.15, 0.2) is 0 Å². The minimum atomic E-state index is -0.375. The second kappa shape index (κ2) is 7.79. The number of rotatable bonds is 6. The first kappa shape index (κ1) is 16.3. The molecule has 1 nitrogen and oxygen atoms in total. The van der Waals surface area contributed by atoms with Crippen molar-refractivity contribution >= 4 is 23.2 Å². The minimum absolute atomic E-state index is 0.0847. The highest BCUT2D eigenvalue weighted by Crippen LogP contribution is 2.26. The third-order valence-corrected chi connectivity index (χ3v) is 4.04. The topological polar surface area (TPSA) is 12.0 Å². The van der Waals surface area contributed by atoms with Gasteiger partial charge in [-0.05, 0) is 48.7 Å². The fourth-order valence-electron chi connectivity index (χ4n) is 2.25. The van der Waals surface area contributed by atoms with Crippen LogP contribution in [0.5, 0.6) is 0 Å². The van der Waals surface area contributed by atoms with Crippen molar-refractivity contribution in [2.24, 2.45) is 0 Å². The normalized spacial score (nSPS) is 12.4. The monoisotopic (exact) mass is 325 g/mol. The average Bonchev–Trinajstić information content (AvgIpc) is 2.49. The maximum Gasteiger partial charge on any atom is 0.142 e. The zero-order chi connectivity index (χ0) is 15.2. The number of hydrogen-bond acceptors (Lipinski definition) is 1. The van der Waals surface area contributed by atoms with Gasteiger partial charge in [-0.15, -0.1) is 0 Å². The summed E-state index contributed by atoms with van der Waals surface area (Å²) in [5.74, 6) is -0.375. The molecule has 0 fully saturated rings. The maximum atomic E-state index is 13.6. The van der Waals surface area contributed by atoms with Gasteiger partial charge in [-0.3, -0.25) is 0 Å². The predicted octanol–water partition coefficient (Wildman–Crippen LogP) is 5.42. The van der Waals surface area contributed by atoms with Gasteiger partial charge in [0.2, 0.25) is 0 Å². The van der Waals surface area contributed by atoms with Crippen LogP contribution >= 0.6 is 23.2 Å². The zero-order valence-electron chi connectivity index (χ0n) is 11.9. The predicted molar refractivity (Wildman–Crippen MR) is 87.6 cm³/mol. The summed E-state index contributed by atoms with van der Waals surface area (Å²) < 4.78 is 13.6. The molecular formula is C17H18Cl2FN. The molecule has 21 heavy (non-hydrogen) atoms. The summed E-state index contributed by atoms with van der Waals surface area (Å²) in [4.78, 5) is 0. The Morgan fingerprint density at radius 1 is 1.10 bits per heavy atom. The van der Waals surface area contributed by atoms with Crippen LogP contribution in [-0.4, -0.2) is 6.54 Å². The second-order valence-electron chi connectivity index (χ2n) is 4.98. The van der Waals surface area contributed by atoms with E-state index < -0.39 is 0 Å². The Morgan fingerprint density at radius 2 is 1.81 bits per heavy atom. The first-order valence-electron chi connectivity index (χ1n) is 7.03. The lowest BCUT2D eigenvalue weighted by atomic mass is 9.98. The van der Waals surface area contributed by atoms with Crippen molar-refractivity contribution in [1.82, 2.24) is 5.32 Å². The Labute approximate surface area is 135 Å². The highest BCUT2D eigenvalue weighted by molar-refractivity contribution is 6.31. The van der Waals surface area contributed by atoms with E-state index in [4.69, 9.17) is 23.2 Å². The smallest absolute Gasteiger partial charge is 0.142 e. The van der Waals surface area contributed by atoms with E-state index in [2.05, 4.69) is 12.2 Å². The van der Waals surface area contributed by atoms with Gasteiger partial charge in [0, 0.05) is 11.1 Å². The van der Waals surface area contributed by atoms with Crippen LogP contribution < -0.4 is 5.32 Å². The first-order chi connectivity index (χ1) is 10.1. The summed E-state index contributed by atoms with van der Waals surface area (Å²) in [7, 11) is 0. The van der Waals surface area contributed by atoms with E-state index >= 15 is 0 Å². The van der Waals surface area contributed by atoms with Crippen molar-refractivity contribution in [3.05, 3.63) is 69.5 Å². The standard InChI is InChI=1S/C17H18Cl2FN/c1-2-10-21-16(12-6-8-14(18)9-7-12)11-13-4-3-5-15(20)17(13)19/h3-9,16,21H,2,10-11H2,1H3. The van der Waals surface area contributed by atoms with Crippen LogP contribution in [0.15, 0.2) is 42.5 Å². The van der Waals surface area contributed by atoms with E-state index in [0.717, 1.165) is 24.1 Å². The van der Waals surface area contributed by atoms with Crippen LogP contribution in [-0.2, 0) is 6.42 Å². The molecule has 0 saturated carbocycles. The summed E-state index contributed by atoms with van der Waals surface area (Å²) in [6.45, 7) is 3.00. The number of benzene rings is 2. The minimum Gasteiger partial charge on any atom is -0.310 e. The molecule has 0 spiro atoms. The third-order valence-electron chi connectivity index (χ3n) is 3.37. The van der Waals surface area contributed by atoms with Crippen molar-refractivity contribution in [1.29, 1.82) is 0 Å². The summed E-state index contributed by atoms with van der Waals surface area (Å²) in [6, 6.07) is 12.7. The Balaban J connectivity index is 2.23. The van der Waals surface area contributed by atoms with Gasteiger partial charge < -0.3 is 5.32 Å². The molecule has 0 heterocycles. The molecule has 0 radical (unpaired) electrons. The van der Waals surface area contributed by atoms with Crippen LogP contribution in [0.2, 0.25) is 10.0 Å². The fraction of sp³-hybridized carbons (Fsp3) is 0.294. The van der Waals surface area contributed by atoms with Gasteiger partial charge in [0.1, 0.15) is 5.82 Å². The molecule has 0 bridgehead atoms. The molecule has 2 rings (SSSR count). The van der Waals surface area contributed by atoms with Crippen molar-refractivity contribution in [2.45, 2.75) is 25.8 Å². The molecular weight excluding hydrogens is 308 g/mol. The van der Waals surface area contributed by atoms with E-state index in [-0.39, 0.29) is 16.9 Å². The molecule has 0 aliphatic carbocycles. The molecule has 4 heteroatoms. The third kappa shape index (κ3) is 4.44. The zero-order valence-corrected chi connectivity index (χ0v) is 13.4. The lowest BCUT2D eigenvalue weighted by Gasteiger charge is -2.20. The summed E-state index contributed by atoms with van der Waals surface area (Å²) in [5, 5.41) is 4.38. The molecule has 0 saturated heterocycles. The molecule has 0 aliphatic heterocycles. The SMILES string of the molecule is CCCNC(Cc1cccc(F)c1Cl)c1ccc(Cl)cc1. The van der Waals surface area contributed by atoms with Crippen LogP contribution in [0.1, 0.15) is 30.5 Å². The molecule has 1 unspecified atom stereocenters. The van der Waals surface area contributed by atoms with Crippen LogP contribution in [0, 0.1) is 5.82 Å². The second-order valence-corrected chi connectivity index (χ2v) is 5.79. The maximum absolute atomic E-state index is 13.6. The van der Waals surface area contributed by atoms with Gasteiger partial charge >= 0.3 is 0 Å². The van der Waals surface area contributed by atoms with Crippen molar-refractivity contribution in [3.8, 4) is 0 Å². The summed E-state index contributed by atoms with van der Waals surface area (Å²) in [6.07, 6.45) is 1.67. The number of nitrogens with one attached hydrogen (secondary N) is 1. The van der Waals surface area contributed by atoms with Crippen molar-refractivity contribution in [3.63, 3.8) is 0 Å². The van der Waals surface area contributed by atoms with E-state index in [1.165, 1.54) is 6.07 Å². The van der Waals surface area contributed by atoms with E-state index in [1.807, 2.05) is 30.3 Å². The van der Waals surface area contributed by atoms with Crippen molar-refractivity contribution < 1.29 is 4.39 Å². The lowest BCUT2D eigenvalue weighted by Crippen LogP contribution is -2.24. The first-order valence-corrected chi connectivity index (χ1v) is 7.79. The molecule has 112 valence electrons. The molecule has 1 atom stereocenters. The molecule has 2 aromatic carbocycles. The average molecular weight is 326 g/mol. The quantitative estimate of drug-likeness (QED) is 0.748. The molecule has 0 amide bonds. The molecule has 1 N–H and O–H groups in total. The van der Waals surface area contributed by atoms with Crippen molar-refractivity contribution in [2.75, 3.05) is 6.54 Å². The molecule has 2 aromatic rings. The summed E-state index contributed by atoms with van der Waals surface area (Å²) >= 11 is 12.0. The summed E-state index contributed by atoms with van der Waals surface area (Å²) in [5.41, 5.74) is 1.92. The highest BCUT2D eigenvalue weighted by Gasteiger charge is 2.15. The van der Waals surface area contributed by atoms with Gasteiger partial charge in [-0.2, -0.15) is 0 Å². The number of hydrogen-bond donors (Lipinski definition) is 1. The van der Waals surface area contributed by atoms with Gasteiger partial charge in [0.25, 0.3) is 0 Å². The number of halogens is 3. The molecule has 0 aromatic heterocycles. The highest BCUT2D eigenvalue weighted by atomic mass is 35.5. The van der Waals surface area contributed by atoms with Gasteiger partial charge in [-0.25, -0.2) is 4.39 Å². The van der Waals surface area contributed by atoms with E-state index in [0.29, 0.717) is 11.4 Å². The van der Waals surface area contributed by atoms with Gasteiger partial charge in [0.05, 0.1) is 5.02 Å². The van der Waals surface area contributed by atoms with E-state index in [9.17, 15) is 4.39 Å². The van der Waals surface area contributed by atoms with Crippen LogP contribution in [0.25, 0.3) is 0 Å². The lowest BCUT2D eigenvalue weighted by molar-refractivity contribution is 0.527. The Bertz CT molecular complexity index is 584. The Hall–Kier alpha value is -1.09. The van der Waals surface area contributed by atoms with Crippen LogP contribution in [0.3, 0.4) is 0 Å². The Kier molecular flexibility index (Phi) is 6.04. The Morgan fingerprint density at radius 3 is 2.48 bits per heavy atom. The fourth-order valence-corrected chi connectivity index (χ4v) is 2.58. The largest absolute Gasteiger partial charge is 0.310 e. The van der Waals surface area contributed by atoms with Gasteiger partial charge in [-0.1, -0.05) is 54.4 Å². The van der Waals surface area contributed by atoms with Crippen LogP contribution in [0.4, 0.5) is 4.39 Å². The molecule has 0 aliphatic rings. The van der Waals surface area contributed by atoms with E-state index in [1.54, 1.807) is 6.07 Å².